The smallest absolute Gasteiger partial charge is 0.131 e. The van der Waals surface area contributed by atoms with Crippen molar-refractivity contribution in [3.63, 3.8) is 0 Å². The molecule has 2 aromatic carbocycles. The second-order valence-electron chi connectivity index (χ2n) is 3.53. The average molecular weight is 219 g/mol. The highest BCUT2D eigenvalue weighted by atomic mass is 19.1. The summed E-state index contributed by atoms with van der Waals surface area (Å²) < 4.78 is 26.7. The van der Waals surface area contributed by atoms with Gasteiger partial charge in [-0.15, -0.1) is 0 Å². The fourth-order valence-electron chi connectivity index (χ4n) is 1.58. The standard InChI is InChI=1S/C13H11F2N/c14-11-3-1-2-10(7-11)12-5-4-9(8-16)6-13(12)15/h1-7H,8,16H2. The van der Waals surface area contributed by atoms with Gasteiger partial charge in [0.15, 0.2) is 0 Å². The summed E-state index contributed by atoms with van der Waals surface area (Å²) in [5, 5.41) is 0. The predicted molar refractivity (Wildman–Crippen MR) is 59.7 cm³/mol. The van der Waals surface area contributed by atoms with Crippen molar-refractivity contribution in [1.29, 1.82) is 0 Å². The van der Waals surface area contributed by atoms with Gasteiger partial charge in [-0.1, -0.05) is 24.3 Å². The van der Waals surface area contributed by atoms with E-state index in [1.165, 1.54) is 18.2 Å². The van der Waals surface area contributed by atoms with Crippen LogP contribution in [0.2, 0.25) is 0 Å². The van der Waals surface area contributed by atoms with Gasteiger partial charge in [-0.25, -0.2) is 8.78 Å². The van der Waals surface area contributed by atoms with E-state index in [1.54, 1.807) is 24.3 Å². The third kappa shape index (κ3) is 2.09. The maximum Gasteiger partial charge on any atom is 0.131 e. The molecule has 0 aromatic heterocycles. The summed E-state index contributed by atoms with van der Waals surface area (Å²) in [7, 11) is 0. The number of hydrogen-bond acceptors (Lipinski definition) is 1. The molecule has 2 rings (SSSR count). The molecule has 0 aliphatic rings. The lowest BCUT2D eigenvalue weighted by Crippen LogP contribution is -1.97. The molecule has 82 valence electrons. The Bertz CT molecular complexity index is 509. The topological polar surface area (TPSA) is 26.0 Å². The van der Waals surface area contributed by atoms with E-state index in [0.29, 0.717) is 17.7 Å². The quantitative estimate of drug-likeness (QED) is 0.825. The molecule has 0 unspecified atom stereocenters. The molecule has 0 aliphatic carbocycles. The minimum absolute atomic E-state index is 0.292. The van der Waals surface area contributed by atoms with Gasteiger partial charge in [0.05, 0.1) is 0 Å². The summed E-state index contributed by atoms with van der Waals surface area (Å²) in [5.41, 5.74) is 7.04. The Kier molecular flexibility index (Phi) is 2.97. The number of halogens is 2. The molecule has 16 heavy (non-hydrogen) atoms. The molecule has 0 radical (unpaired) electrons. The van der Waals surface area contributed by atoms with Gasteiger partial charge in [0.1, 0.15) is 11.6 Å². The summed E-state index contributed by atoms with van der Waals surface area (Å²) in [6.07, 6.45) is 0. The molecule has 0 spiro atoms. The molecular formula is C13H11F2N. The van der Waals surface area contributed by atoms with E-state index in [0.717, 1.165) is 5.56 Å². The van der Waals surface area contributed by atoms with Crippen LogP contribution in [0.25, 0.3) is 11.1 Å². The van der Waals surface area contributed by atoms with Gasteiger partial charge in [-0.3, -0.25) is 0 Å². The van der Waals surface area contributed by atoms with Gasteiger partial charge in [0, 0.05) is 12.1 Å². The highest BCUT2D eigenvalue weighted by Crippen LogP contribution is 2.24. The lowest BCUT2D eigenvalue weighted by atomic mass is 10.0. The van der Waals surface area contributed by atoms with E-state index in [-0.39, 0.29) is 11.6 Å². The number of nitrogens with two attached hydrogens (primary N) is 1. The maximum absolute atomic E-state index is 13.7. The molecule has 0 aliphatic heterocycles. The van der Waals surface area contributed by atoms with Gasteiger partial charge >= 0.3 is 0 Å². The van der Waals surface area contributed by atoms with Crippen molar-refractivity contribution < 1.29 is 8.78 Å². The molecule has 0 saturated carbocycles. The summed E-state index contributed by atoms with van der Waals surface area (Å²) in [5.74, 6) is -0.756. The van der Waals surface area contributed by atoms with Crippen LogP contribution in [-0.2, 0) is 6.54 Å². The zero-order chi connectivity index (χ0) is 11.5. The van der Waals surface area contributed by atoms with E-state index in [9.17, 15) is 8.78 Å². The first-order valence-corrected chi connectivity index (χ1v) is 4.95. The SMILES string of the molecule is NCc1ccc(-c2cccc(F)c2)c(F)c1. The molecule has 2 aromatic rings. The Morgan fingerprint density at radius 1 is 1.00 bits per heavy atom. The second-order valence-corrected chi connectivity index (χ2v) is 3.53. The van der Waals surface area contributed by atoms with Gasteiger partial charge in [-0.05, 0) is 29.3 Å². The summed E-state index contributed by atoms with van der Waals surface area (Å²) in [4.78, 5) is 0. The highest BCUT2D eigenvalue weighted by molar-refractivity contribution is 5.64. The molecule has 0 fully saturated rings. The van der Waals surface area contributed by atoms with Crippen LogP contribution >= 0.6 is 0 Å². The third-order valence-electron chi connectivity index (χ3n) is 2.40. The third-order valence-corrected chi connectivity index (χ3v) is 2.40. The maximum atomic E-state index is 13.7. The van der Waals surface area contributed by atoms with Crippen LogP contribution in [0.1, 0.15) is 5.56 Å². The Labute approximate surface area is 92.5 Å². The minimum Gasteiger partial charge on any atom is -0.326 e. The fourth-order valence-corrected chi connectivity index (χ4v) is 1.58. The van der Waals surface area contributed by atoms with Crippen molar-refractivity contribution in [1.82, 2.24) is 0 Å². The molecule has 2 N–H and O–H groups in total. The summed E-state index contributed by atoms with van der Waals surface area (Å²) in [6.45, 7) is 0.292. The molecule has 1 nitrogen and oxygen atoms in total. The zero-order valence-electron chi connectivity index (χ0n) is 8.58. The molecule has 0 saturated heterocycles. The van der Waals surface area contributed by atoms with Crippen molar-refractivity contribution in [2.24, 2.45) is 5.73 Å². The van der Waals surface area contributed by atoms with Crippen LogP contribution in [0.3, 0.4) is 0 Å². The Morgan fingerprint density at radius 2 is 1.81 bits per heavy atom. The number of rotatable bonds is 2. The van der Waals surface area contributed by atoms with Crippen LogP contribution in [-0.4, -0.2) is 0 Å². The van der Waals surface area contributed by atoms with Crippen LogP contribution in [0.4, 0.5) is 8.78 Å². The largest absolute Gasteiger partial charge is 0.326 e. The van der Waals surface area contributed by atoms with Gasteiger partial charge in [-0.2, -0.15) is 0 Å². The van der Waals surface area contributed by atoms with E-state index < -0.39 is 0 Å². The van der Waals surface area contributed by atoms with E-state index in [2.05, 4.69) is 0 Å². The van der Waals surface area contributed by atoms with Crippen LogP contribution < -0.4 is 5.73 Å². The van der Waals surface area contributed by atoms with Gasteiger partial charge in [0.25, 0.3) is 0 Å². The monoisotopic (exact) mass is 219 g/mol. The number of hydrogen-bond donors (Lipinski definition) is 1. The minimum atomic E-state index is -0.381. The van der Waals surface area contributed by atoms with Crippen LogP contribution in [0.15, 0.2) is 42.5 Å². The van der Waals surface area contributed by atoms with E-state index in [4.69, 9.17) is 5.73 Å². The Balaban J connectivity index is 2.48. The predicted octanol–water partition coefficient (Wildman–Crippen LogP) is 3.09. The van der Waals surface area contributed by atoms with E-state index >= 15 is 0 Å². The highest BCUT2D eigenvalue weighted by Gasteiger charge is 2.06. The molecule has 0 amide bonds. The Morgan fingerprint density at radius 3 is 2.44 bits per heavy atom. The molecular weight excluding hydrogens is 208 g/mol. The lowest BCUT2D eigenvalue weighted by molar-refractivity contribution is 0.623. The molecule has 3 heteroatoms. The first-order valence-electron chi connectivity index (χ1n) is 4.95. The first-order chi connectivity index (χ1) is 7.70. The van der Waals surface area contributed by atoms with Gasteiger partial charge in [0.2, 0.25) is 0 Å². The zero-order valence-corrected chi connectivity index (χ0v) is 8.58. The van der Waals surface area contributed by atoms with Crippen molar-refractivity contribution in [2.75, 3.05) is 0 Å². The molecule has 0 atom stereocenters. The van der Waals surface area contributed by atoms with E-state index in [1.807, 2.05) is 0 Å². The van der Waals surface area contributed by atoms with Crippen LogP contribution in [0.5, 0.6) is 0 Å². The number of benzene rings is 2. The molecule has 0 heterocycles. The fraction of sp³-hybridized carbons (Fsp3) is 0.0769. The van der Waals surface area contributed by atoms with Crippen molar-refractivity contribution in [3.8, 4) is 11.1 Å². The van der Waals surface area contributed by atoms with Crippen molar-refractivity contribution in [2.45, 2.75) is 6.54 Å². The lowest BCUT2D eigenvalue weighted by Gasteiger charge is -2.05. The first kappa shape index (κ1) is 10.8. The normalized spacial score (nSPS) is 10.4. The van der Waals surface area contributed by atoms with Crippen molar-refractivity contribution in [3.05, 3.63) is 59.7 Å². The van der Waals surface area contributed by atoms with Crippen LogP contribution in [0, 0.1) is 11.6 Å². The molecule has 0 bridgehead atoms. The van der Waals surface area contributed by atoms with Crippen molar-refractivity contribution >= 4 is 0 Å². The second kappa shape index (κ2) is 4.41. The summed E-state index contributed by atoms with van der Waals surface area (Å²) in [6, 6.07) is 10.6. The summed E-state index contributed by atoms with van der Waals surface area (Å²) >= 11 is 0. The Hall–Kier alpha value is -1.74. The average Bonchev–Trinajstić information content (AvgIpc) is 2.28. The van der Waals surface area contributed by atoms with Gasteiger partial charge < -0.3 is 5.73 Å².